The highest BCUT2D eigenvalue weighted by atomic mass is 19.4. The number of imidazole rings is 1. The molecular weight excluding hydrogens is 435 g/mol. The molecule has 1 fully saturated rings. The molecule has 7 nitrogen and oxygen atoms in total. The molecule has 0 aliphatic heterocycles. The van der Waals surface area contributed by atoms with Crippen molar-refractivity contribution in [1.82, 2.24) is 20.2 Å². The zero-order chi connectivity index (χ0) is 24.2. The first-order valence-electron chi connectivity index (χ1n) is 10.7. The predicted molar refractivity (Wildman–Crippen MR) is 120 cm³/mol. The Morgan fingerprint density at radius 3 is 2.82 bits per heavy atom. The number of alkyl halides is 3. The number of urea groups is 1. The van der Waals surface area contributed by atoms with Gasteiger partial charge >= 0.3 is 12.2 Å². The smallest absolute Gasteiger partial charge is 0.327 e. The maximum atomic E-state index is 12.1. The summed E-state index contributed by atoms with van der Waals surface area (Å²) in [6.07, 6.45) is 5.26. The normalized spacial score (nSPS) is 16.8. The number of carbonyl (C=O) groups excluding carboxylic acids is 1. The fraction of sp³-hybridized carbons (Fsp3) is 0.435. The number of halogens is 3. The lowest BCUT2D eigenvalue weighted by molar-refractivity contribution is -0.122. The van der Waals surface area contributed by atoms with Crippen LogP contribution in [0.3, 0.4) is 0 Å². The van der Waals surface area contributed by atoms with E-state index < -0.39 is 18.8 Å². The number of hydroxylamine groups is 1. The third-order valence-electron chi connectivity index (χ3n) is 5.59. The van der Waals surface area contributed by atoms with Crippen molar-refractivity contribution in [2.24, 2.45) is 10.9 Å². The van der Waals surface area contributed by atoms with Crippen molar-refractivity contribution in [3.05, 3.63) is 54.5 Å². The number of hydrogen-bond acceptors (Lipinski definition) is 4. The molecule has 0 bridgehead atoms. The second-order valence-electron chi connectivity index (χ2n) is 8.37. The Labute approximate surface area is 190 Å². The Hall–Kier alpha value is -2.98. The molecule has 0 aromatic carbocycles. The number of pyridine rings is 1. The standard InChI is InChI=1S/C23H28F3N5O2/c1-14(5-4-6-15(2)29-22(32)28-13-23(24,25)26)19-12-27-20-11-18(9-10-31(19)20)21(16(3)30-33)17-7-8-17/h4-5,9-12,16-17,21,30,33H,1,6-8,13H2,2-3H3,(H,28,32)/b5-4-,29-15?. The first kappa shape index (κ1) is 24.7. The van der Waals surface area contributed by atoms with Gasteiger partial charge in [-0.15, -0.1) is 0 Å². The number of rotatable bonds is 9. The molecule has 2 atom stereocenters. The van der Waals surface area contributed by atoms with Crippen LogP contribution in [0.15, 0.2) is 48.2 Å². The third kappa shape index (κ3) is 6.75. The van der Waals surface area contributed by atoms with Crippen LogP contribution in [-0.2, 0) is 0 Å². The minimum atomic E-state index is -4.47. The average Bonchev–Trinajstić information content (AvgIpc) is 3.49. The van der Waals surface area contributed by atoms with E-state index in [9.17, 15) is 23.2 Å². The van der Waals surface area contributed by atoms with Crippen LogP contribution in [0.1, 0.15) is 50.3 Å². The van der Waals surface area contributed by atoms with Crippen molar-refractivity contribution in [2.75, 3.05) is 6.54 Å². The maximum absolute atomic E-state index is 12.1. The summed E-state index contributed by atoms with van der Waals surface area (Å²) in [6, 6.07) is 2.97. The summed E-state index contributed by atoms with van der Waals surface area (Å²) >= 11 is 0. The van der Waals surface area contributed by atoms with Crippen LogP contribution >= 0.6 is 0 Å². The molecular formula is C23H28F3N5O2. The van der Waals surface area contributed by atoms with Crippen LogP contribution in [0.25, 0.3) is 11.2 Å². The fourth-order valence-electron chi connectivity index (χ4n) is 3.84. The summed E-state index contributed by atoms with van der Waals surface area (Å²) in [5.74, 6) is 0.758. The number of fused-ring (bicyclic) bond motifs is 1. The molecule has 0 spiro atoms. The highest BCUT2D eigenvalue weighted by molar-refractivity contribution is 5.94. The SMILES string of the molecule is C=C(/C=C\CC(C)=NC(=O)NCC(F)(F)F)c1cnc2cc(C(C3CC3)C(C)NO)ccn12. The second kappa shape index (κ2) is 10.3. The van der Waals surface area contributed by atoms with Crippen LogP contribution in [0.2, 0.25) is 0 Å². The number of hydrogen-bond donors (Lipinski definition) is 3. The van der Waals surface area contributed by atoms with E-state index in [0.29, 0.717) is 17.2 Å². The number of aliphatic imine (C=N–C) groups is 1. The van der Waals surface area contributed by atoms with E-state index in [2.05, 4.69) is 22.0 Å². The topological polar surface area (TPSA) is 91.0 Å². The number of nitrogens with one attached hydrogen (secondary N) is 2. The average molecular weight is 464 g/mol. The first-order chi connectivity index (χ1) is 15.6. The molecule has 3 rings (SSSR count). The zero-order valence-corrected chi connectivity index (χ0v) is 18.6. The number of carbonyl (C=O) groups is 1. The lowest BCUT2D eigenvalue weighted by Crippen LogP contribution is -2.32. The van der Waals surface area contributed by atoms with Crippen molar-refractivity contribution in [2.45, 2.75) is 51.2 Å². The van der Waals surface area contributed by atoms with Gasteiger partial charge in [0.2, 0.25) is 0 Å². The molecule has 2 heterocycles. The second-order valence-corrected chi connectivity index (χ2v) is 8.37. The summed E-state index contributed by atoms with van der Waals surface area (Å²) in [4.78, 5) is 19.5. The minimum Gasteiger partial charge on any atom is -0.327 e. The van der Waals surface area contributed by atoms with E-state index >= 15 is 0 Å². The summed E-state index contributed by atoms with van der Waals surface area (Å²) in [6.45, 7) is 6.17. The molecule has 2 aromatic heterocycles. The van der Waals surface area contributed by atoms with Crippen LogP contribution < -0.4 is 10.8 Å². The number of allylic oxidation sites excluding steroid dienone is 3. The Kier molecular flexibility index (Phi) is 7.70. The van der Waals surface area contributed by atoms with Gasteiger partial charge in [0.15, 0.2) is 0 Å². The van der Waals surface area contributed by atoms with Crippen molar-refractivity contribution >= 4 is 23.0 Å². The monoisotopic (exact) mass is 463 g/mol. The van der Waals surface area contributed by atoms with Gasteiger partial charge in [-0.25, -0.2) is 20.3 Å². The van der Waals surface area contributed by atoms with Gasteiger partial charge in [0.25, 0.3) is 0 Å². The van der Waals surface area contributed by atoms with Crippen LogP contribution in [0.5, 0.6) is 0 Å². The lowest BCUT2D eigenvalue weighted by atomic mass is 9.89. The van der Waals surface area contributed by atoms with E-state index in [1.807, 2.05) is 29.7 Å². The molecule has 0 saturated heterocycles. The summed E-state index contributed by atoms with van der Waals surface area (Å²) in [5, 5.41) is 11.1. The summed E-state index contributed by atoms with van der Waals surface area (Å²) in [5.41, 5.74) is 6.12. The largest absolute Gasteiger partial charge is 0.405 e. The van der Waals surface area contributed by atoms with Gasteiger partial charge in [0, 0.05) is 30.3 Å². The van der Waals surface area contributed by atoms with Crippen molar-refractivity contribution in [3.8, 4) is 0 Å². The molecule has 2 amide bonds. The van der Waals surface area contributed by atoms with Gasteiger partial charge in [0.1, 0.15) is 12.2 Å². The highest BCUT2D eigenvalue weighted by Crippen LogP contribution is 2.44. The molecule has 2 aromatic rings. The third-order valence-corrected chi connectivity index (χ3v) is 5.59. The van der Waals surface area contributed by atoms with E-state index in [0.717, 1.165) is 29.7 Å². The van der Waals surface area contributed by atoms with E-state index in [1.165, 1.54) is 0 Å². The van der Waals surface area contributed by atoms with E-state index in [1.54, 1.807) is 30.6 Å². The molecule has 0 radical (unpaired) electrons. The molecule has 10 heteroatoms. The van der Waals surface area contributed by atoms with Gasteiger partial charge in [-0.05, 0) is 55.9 Å². The van der Waals surface area contributed by atoms with Gasteiger partial charge < -0.3 is 10.5 Å². The van der Waals surface area contributed by atoms with Gasteiger partial charge in [0.05, 0.1) is 11.9 Å². The molecule has 33 heavy (non-hydrogen) atoms. The Morgan fingerprint density at radius 2 is 2.18 bits per heavy atom. The number of aromatic nitrogens is 2. The van der Waals surface area contributed by atoms with Crippen LogP contribution in [-0.4, -0.2) is 45.1 Å². The first-order valence-corrected chi connectivity index (χ1v) is 10.7. The van der Waals surface area contributed by atoms with Crippen molar-refractivity contribution < 1.29 is 23.2 Å². The molecule has 178 valence electrons. The lowest BCUT2D eigenvalue weighted by Gasteiger charge is -2.23. The quantitative estimate of drug-likeness (QED) is 0.281. The van der Waals surface area contributed by atoms with Crippen molar-refractivity contribution in [3.63, 3.8) is 0 Å². The van der Waals surface area contributed by atoms with E-state index in [4.69, 9.17) is 0 Å². The summed E-state index contributed by atoms with van der Waals surface area (Å²) < 4.78 is 38.3. The van der Waals surface area contributed by atoms with Gasteiger partial charge in [-0.1, -0.05) is 18.7 Å². The molecule has 1 aliphatic carbocycles. The molecule has 2 unspecified atom stereocenters. The van der Waals surface area contributed by atoms with Gasteiger partial charge in [-0.2, -0.15) is 13.2 Å². The molecule has 1 aliphatic rings. The number of nitrogens with zero attached hydrogens (tertiary/aromatic N) is 3. The predicted octanol–water partition coefficient (Wildman–Crippen LogP) is 4.89. The fourth-order valence-corrected chi connectivity index (χ4v) is 3.84. The zero-order valence-electron chi connectivity index (χ0n) is 18.6. The number of amides is 2. The van der Waals surface area contributed by atoms with Crippen LogP contribution in [0, 0.1) is 5.92 Å². The highest BCUT2D eigenvalue weighted by Gasteiger charge is 2.36. The summed E-state index contributed by atoms with van der Waals surface area (Å²) in [7, 11) is 0. The maximum Gasteiger partial charge on any atom is 0.405 e. The molecule has 1 saturated carbocycles. The van der Waals surface area contributed by atoms with Gasteiger partial charge in [-0.3, -0.25) is 4.40 Å². The Balaban J connectivity index is 1.64. The Morgan fingerprint density at radius 1 is 1.45 bits per heavy atom. The van der Waals surface area contributed by atoms with Crippen LogP contribution in [0.4, 0.5) is 18.0 Å². The van der Waals surface area contributed by atoms with Crippen molar-refractivity contribution in [1.29, 1.82) is 0 Å². The van der Waals surface area contributed by atoms with E-state index in [-0.39, 0.29) is 18.4 Å². The minimum absolute atomic E-state index is 0.0623. The Bertz CT molecular complexity index is 1070. The molecule has 3 N–H and O–H groups in total.